The summed E-state index contributed by atoms with van der Waals surface area (Å²) in [6, 6.07) is 7.51. The highest BCUT2D eigenvalue weighted by Crippen LogP contribution is 2.24. The van der Waals surface area contributed by atoms with Crippen LogP contribution in [0.3, 0.4) is 0 Å². The van der Waals surface area contributed by atoms with Crippen LogP contribution in [0.15, 0.2) is 24.3 Å². The monoisotopic (exact) mass is 263 g/mol. The molecule has 19 heavy (non-hydrogen) atoms. The van der Waals surface area contributed by atoms with E-state index in [-0.39, 0.29) is 17.9 Å². The van der Waals surface area contributed by atoms with Gasteiger partial charge in [-0.25, -0.2) is 0 Å². The summed E-state index contributed by atoms with van der Waals surface area (Å²) >= 11 is 0. The molecule has 0 radical (unpaired) electrons. The molecular formula is C15H21NO3. The lowest BCUT2D eigenvalue weighted by molar-refractivity contribution is -0.120. The van der Waals surface area contributed by atoms with Crippen LogP contribution in [0.2, 0.25) is 0 Å². The van der Waals surface area contributed by atoms with Crippen LogP contribution < -0.4 is 10.1 Å². The van der Waals surface area contributed by atoms with E-state index in [2.05, 4.69) is 5.32 Å². The largest absolute Gasteiger partial charge is 0.497 e. The number of aliphatic hydroxyl groups is 1. The zero-order valence-electron chi connectivity index (χ0n) is 11.3. The van der Waals surface area contributed by atoms with Gasteiger partial charge in [0, 0.05) is 12.5 Å². The number of ether oxygens (including phenoxy) is 1. The molecule has 0 aromatic heterocycles. The van der Waals surface area contributed by atoms with Crippen molar-refractivity contribution in [3.8, 4) is 5.75 Å². The molecule has 104 valence electrons. The number of hydrogen-bond acceptors (Lipinski definition) is 3. The van der Waals surface area contributed by atoms with Crippen molar-refractivity contribution in [3.63, 3.8) is 0 Å². The van der Waals surface area contributed by atoms with Crippen molar-refractivity contribution in [1.82, 2.24) is 5.32 Å². The predicted octanol–water partition coefficient (Wildman–Crippen LogP) is 1.51. The number of amides is 1. The molecule has 1 fully saturated rings. The van der Waals surface area contributed by atoms with Crippen molar-refractivity contribution in [1.29, 1.82) is 0 Å². The molecule has 1 aromatic carbocycles. The molecule has 0 spiro atoms. The molecule has 1 aliphatic carbocycles. The smallest absolute Gasteiger partial charge is 0.224 e. The summed E-state index contributed by atoms with van der Waals surface area (Å²) < 4.78 is 5.13. The molecule has 0 heterocycles. The van der Waals surface area contributed by atoms with Crippen LogP contribution in [0.1, 0.15) is 24.8 Å². The van der Waals surface area contributed by atoms with Crippen molar-refractivity contribution in [2.24, 2.45) is 5.92 Å². The highest BCUT2D eigenvalue weighted by molar-refractivity contribution is 5.78. The van der Waals surface area contributed by atoms with E-state index < -0.39 is 0 Å². The lowest BCUT2D eigenvalue weighted by Gasteiger charge is -2.15. The fourth-order valence-electron chi connectivity index (χ4n) is 2.53. The van der Waals surface area contributed by atoms with Crippen LogP contribution in [-0.2, 0) is 11.2 Å². The molecule has 4 heteroatoms. The SMILES string of the molecule is COc1cccc(CC(=O)NCC2CCCC2O)c1. The Hall–Kier alpha value is -1.55. The maximum Gasteiger partial charge on any atom is 0.224 e. The van der Waals surface area contributed by atoms with E-state index >= 15 is 0 Å². The zero-order chi connectivity index (χ0) is 13.7. The standard InChI is InChI=1S/C15H21NO3/c1-19-13-6-2-4-11(8-13)9-15(18)16-10-12-5-3-7-14(12)17/h2,4,6,8,12,14,17H,3,5,7,9-10H2,1H3,(H,16,18). The van der Waals surface area contributed by atoms with Crippen molar-refractivity contribution >= 4 is 5.91 Å². The van der Waals surface area contributed by atoms with Gasteiger partial charge in [0.05, 0.1) is 19.6 Å². The third-order valence-corrected chi connectivity index (χ3v) is 3.68. The Morgan fingerprint density at radius 3 is 3.00 bits per heavy atom. The molecule has 2 rings (SSSR count). The van der Waals surface area contributed by atoms with Crippen LogP contribution >= 0.6 is 0 Å². The molecular weight excluding hydrogens is 242 g/mol. The van der Waals surface area contributed by atoms with Crippen molar-refractivity contribution in [2.45, 2.75) is 31.8 Å². The lowest BCUT2D eigenvalue weighted by atomic mass is 10.1. The minimum Gasteiger partial charge on any atom is -0.497 e. The Morgan fingerprint density at radius 1 is 1.47 bits per heavy atom. The second-order valence-corrected chi connectivity index (χ2v) is 5.09. The van der Waals surface area contributed by atoms with Gasteiger partial charge in [-0.15, -0.1) is 0 Å². The summed E-state index contributed by atoms with van der Waals surface area (Å²) in [5, 5.41) is 12.6. The Bertz CT molecular complexity index is 433. The average Bonchev–Trinajstić information content (AvgIpc) is 2.82. The van der Waals surface area contributed by atoms with Gasteiger partial charge in [-0.3, -0.25) is 4.79 Å². The molecule has 2 unspecified atom stereocenters. The van der Waals surface area contributed by atoms with E-state index in [1.807, 2.05) is 24.3 Å². The van der Waals surface area contributed by atoms with Crippen molar-refractivity contribution in [2.75, 3.05) is 13.7 Å². The minimum absolute atomic E-state index is 0.00708. The second kappa shape index (κ2) is 6.57. The van der Waals surface area contributed by atoms with E-state index in [1.165, 1.54) is 0 Å². The van der Waals surface area contributed by atoms with Gasteiger partial charge >= 0.3 is 0 Å². The van der Waals surface area contributed by atoms with Crippen LogP contribution in [-0.4, -0.2) is 30.8 Å². The molecule has 2 N–H and O–H groups in total. The van der Waals surface area contributed by atoms with Crippen molar-refractivity contribution in [3.05, 3.63) is 29.8 Å². The Balaban J connectivity index is 1.80. The van der Waals surface area contributed by atoms with Crippen molar-refractivity contribution < 1.29 is 14.6 Å². The molecule has 1 saturated carbocycles. The van der Waals surface area contributed by atoms with Gasteiger partial charge in [0.25, 0.3) is 0 Å². The summed E-state index contributed by atoms with van der Waals surface area (Å²) in [5.74, 6) is 0.970. The average molecular weight is 263 g/mol. The first-order valence-electron chi connectivity index (χ1n) is 6.76. The van der Waals surface area contributed by atoms with Gasteiger partial charge in [-0.1, -0.05) is 18.6 Å². The third-order valence-electron chi connectivity index (χ3n) is 3.68. The Kier molecular flexibility index (Phi) is 4.80. The molecule has 0 saturated heterocycles. The molecule has 2 atom stereocenters. The quantitative estimate of drug-likeness (QED) is 0.846. The molecule has 0 aliphatic heterocycles. The molecule has 1 aliphatic rings. The van der Waals surface area contributed by atoms with Crippen LogP contribution in [0, 0.1) is 5.92 Å². The molecule has 1 aromatic rings. The summed E-state index contributed by atoms with van der Waals surface area (Å²) in [5.41, 5.74) is 0.934. The first-order valence-corrected chi connectivity index (χ1v) is 6.76. The summed E-state index contributed by atoms with van der Waals surface area (Å²) in [4.78, 5) is 11.8. The highest BCUT2D eigenvalue weighted by Gasteiger charge is 2.25. The topological polar surface area (TPSA) is 58.6 Å². The number of rotatable bonds is 5. The van der Waals surface area contributed by atoms with Crippen LogP contribution in [0.25, 0.3) is 0 Å². The fraction of sp³-hybridized carbons (Fsp3) is 0.533. The van der Waals surface area contributed by atoms with Gasteiger partial charge in [0.2, 0.25) is 5.91 Å². The number of carbonyl (C=O) groups excluding carboxylic acids is 1. The van der Waals surface area contributed by atoms with Gasteiger partial charge in [-0.2, -0.15) is 0 Å². The Labute approximate surface area is 113 Å². The second-order valence-electron chi connectivity index (χ2n) is 5.09. The van der Waals surface area contributed by atoms with E-state index in [9.17, 15) is 9.90 Å². The summed E-state index contributed by atoms with van der Waals surface area (Å²) in [6.45, 7) is 0.573. The number of nitrogens with one attached hydrogen (secondary N) is 1. The Morgan fingerprint density at radius 2 is 2.32 bits per heavy atom. The fourth-order valence-corrected chi connectivity index (χ4v) is 2.53. The van der Waals surface area contributed by atoms with Gasteiger partial charge in [-0.05, 0) is 30.5 Å². The third kappa shape index (κ3) is 3.96. The molecule has 0 bridgehead atoms. The van der Waals surface area contributed by atoms with Gasteiger partial charge in [0.1, 0.15) is 5.75 Å². The van der Waals surface area contributed by atoms with Gasteiger partial charge < -0.3 is 15.2 Å². The van der Waals surface area contributed by atoms with E-state index in [0.29, 0.717) is 13.0 Å². The maximum absolute atomic E-state index is 11.8. The first-order chi connectivity index (χ1) is 9.19. The van der Waals surface area contributed by atoms with E-state index in [0.717, 1.165) is 30.6 Å². The minimum atomic E-state index is -0.253. The zero-order valence-corrected chi connectivity index (χ0v) is 11.3. The van der Waals surface area contributed by atoms with Gasteiger partial charge in [0.15, 0.2) is 0 Å². The van der Waals surface area contributed by atoms with E-state index in [4.69, 9.17) is 4.74 Å². The number of benzene rings is 1. The molecule has 4 nitrogen and oxygen atoms in total. The van der Waals surface area contributed by atoms with Crippen LogP contribution in [0.5, 0.6) is 5.75 Å². The van der Waals surface area contributed by atoms with Crippen LogP contribution in [0.4, 0.5) is 0 Å². The summed E-state index contributed by atoms with van der Waals surface area (Å²) in [7, 11) is 1.61. The summed E-state index contributed by atoms with van der Waals surface area (Å²) in [6.07, 6.45) is 3.01. The normalized spacial score (nSPS) is 22.2. The number of hydrogen-bond donors (Lipinski definition) is 2. The first kappa shape index (κ1) is 13.9. The van der Waals surface area contributed by atoms with E-state index in [1.54, 1.807) is 7.11 Å². The number of aliphatic hydroxyl groups excluding tert-OH is 1. The lowest BCUT2D eigenvalue weighted by Crippen LogP contribution is -2.33. The number of carbonyl (C=O) groups is 1. The maximum atomic E-state index is 11.8. The number of methoxy groups -OCH3 is 1. The highest BCUT2D eigenvalue weighted by atomic mass is 16.5. The molecule has 1 amide bonds. The predicted molar refractivity (Wildman–Crippen MR) is 73.1 cm³/mol.